The van der Waals surface area contributed by atoms with Crippen molar-refractivity contribution in [2.24, 2.45) is 5.73 Å². The minimum atomic E-state index is -0.960. The largest absolute Gasteiger partial charge is 0.455 e. The first-order valence-corrected chi connectivity index (χ1v) is 4.53. The molecule has 6 heteroatoms. The monoisotopic (exact) mass is 214 g/mol. The van der Waals surface area contributed by atoms with Crippen LogP contribution in [0.4, 0.5) is 0 Å². The molecule has 0 aliphatic rings. The molecule has 1 heterocycles. The number of aliphatic hydroxyl groups is 2. The molecule has 0 aliphatic carbocycles. The molecule has 1 rings (SSSR count). The van der Waals surface area contributed by atoms with Gasteiger partial charge >= 0.3 is 0 Å². The Bertz CT molecular complexity index is 324. The Hall–Kier alpha value is -1.37. The van der Waals surface area contributed by atoms with Gasteiger partial charge in [-0.2, -0.15) is 0 Å². The van der Waals surface area contributed by atoms with E-state index in [1.807, 2.05) is 0 Å². The number of aliphatic hydroxyl groups excluding tert-OH is 2. The summed E-state index contributed by atoms with van der Waals surface area (Å²) in [5, 5.41) is 19.9. The van der Waals surface area contributed by atoms with Gasteiger partial charge in [0.1, 0.15) is 5.76 Å². The second-order valence-corrected chi connectivity index (χ2v) is 3.02. The summed E-state index contributed by atoms with van der Waals surface area (Å²) in [6, 6.07) is 3.11. The van der Waals surface area contributed by atoms with Gasteiger partial charge in [0.05, 0.1) is 19.3 Å². The average Bonchev–Trinajstić information content (AvgIpc) is 2.73. The zero-order valence-corrected chi connectivity index (χ0v) is 8.14. The maximum absolute atomic E-state index is 11.4. The standard InChI is InChI=1S/C9H14N2O4/c10-3-7-1-2-8(15-7)9(14)11-4-6(13)5-12/h1-2,6,12-13H,3-5,10H2,(H,11,14). The number of rotatable bonds is 5. The summed E-state index contributed by atoms with van der Waals surface area (Å²) in [5.74, 6) is 0.214. The van der Waals surface area contributed by atoms with E-state index in [9.17, 15) is 4.79 Å². The predicted molar refractivity (Wildman–Crippen MR) is 52.0 cm³/mol. The van der Waals surface area contributed by atoms with E-state index in [-0.39, 0.29) is 18.8 Å². The Balaban J connectivity index is 2.46. The normalized spacial score (nSPS) is 12.5. The van der Waals surface area contributed by atoms with E-state index in [0.717, 1.165) is 0 Å². The van der Waals surface area contributed by atoms with Crippen LogP contribution in [-0.2, 0) is 6.54 Å². The molecule has 1 unspecified atom stereocenters. The molecule has 0 spiro atoms. The maximum Gasteiger partial charge on any atom is 0.287 e. The molecule has 84 valence electrons. The van der Waals surface area contributed by atoms with Crippen LogP contribution in [0.2, 0.25) is 0 Å². The molecule has 0 fully saturated rings. The van der Waals surface area contributed by atoms with Crippen molar-refractivity contribution < 1.29 is 19.4 Å². The fraction of sp³-hybridized carbons (Fsp3) is 0.444. The summed E-state index contributed by atoms with van der Waals surface area (Å²) in [4.78, 5) is 11.4. The highest BCUT2D eigenvalue weighted by atomic mass is 16.4. The van der Waals surface area contributed by atoms with Crippen LogP contribution in [0, 0.1) is 0 Å². The van der Waals surface area contributed by atoms with Crippen LogP contribution in [0.3, 0.4) is 0 Å². The Morgan fingerprint density at radius 2 is 2.33 bits per heavy atom. The highest BCUT2D eigenvalue weighted by Gasteiger charge is 2.11. The third-order valence-electron chi connectivity index (χ3n) is 1.80. The number of carbonyl (C=O) groups excluding carboxylic acids is 1. The van der Waals surface area contributed by atoms with Crippen molar-refractivity contribution in [3.63, 3.8) is 0 Å². The lowest BCUT2D eigenvalue weighted by atomic mass is 10.3. The van der Waals surface area contributed by atoms with Gasteiger partial charge in [0.2, 0.25) is 0 Å². The van der Waals surface area contributed by atoms with Crippen molar-refractivity contribution in [2.45, 2.75) is 12.6 Å². The summed E-state index contributed by atoms with van der Waals surface area (Å²) >= 11 is 0. The summed E-state index contributed by atoms with van der Waals surface area (Å²) in [6.07, 6.45) is -0.960. The van der Waals surface area contributed by atoms with Gasteiger partial charge < -0.3 is 25.7 Å². The SMILES string of the molecule is NCc1ccc(C(=O)NCC(O)CO)o1. The van der Waals surface area contributed by atoms with E-state index in [1.54, 1.807) is 6.07 Å². The topological polar surface area (TPSA) is 109 Å². The number of nitrogens with one attached hydrogen (secondary N) is 1. The van der Waals surface area contributed by atoms with Crippen molar-refractivity contribution in [1.82, 2.24) is 5.32 Å². The van der Waals surface area contributed by atoms with Crippen molar-refractivity contribution in [1.29, 1.82) is 0 Å². The minimum absolute atomic E-state index is 0.0198. The van der Waals surface area contributed by atoms with Crippen molar-refractivity contribution in [3.8, 4) is 0 Å². The minimum Gasteiger partial charge on any atom is -0.455 e. The highest BCUT2D eigenvalue weighted by Crippen LogP contribution is 2.06. The quantitative estimate of drug-likeness (QED) is 0.493. The fourth-order valence-corrected chi connectivity index (χ4v) is 0.972. The molecule has 15 heavy (non-hydrogen) atoms. The molecule has 0 saturated carbocycles. The van der Waals surface area contributed by atoms with Crippen LogP contribution < -0.4 is 11.1 Å². The molecular formula is C9H14N2O4. The molecule has 0 aromatic carbocycles. The second-order valence-electron chi connectivity index (χ2n) is 3.02. The third kappa shape index (κ3) is 3.35. The Labute approximate surface area is 86.7 Å². The number of carbonyl (C=O) groups is 1. The zero-order valence-electron chi connectivity index (χ0n) is 8.14. The van der Waals surface area contributed by atoms with Gasteiger partial charge in [0.25, 0.3) is 5.91 Å². The van der Waals surface area contributed by atoms with Gasteiger partial charge in [0, 0.05) is 6.54 Å². The molecular weight excluding hydrogens is 200 g/mol. The van der Waals surface area contributed by atoms with Crippen LogP contribution in [-0.4, -0.2) is 35.4 Å². The molecule has 0 radical (unpaired) electrons. The second kappa shape index (κ2) is 5.50. The summed E-state index contributed by atoms with van der Waals surface area (Å²) in [6.45, 7) is -0.187. The van der Waals surface area contributed by atoms with Crippen molar-refractivity contribution >= 4 is 5.91 Å². The van der Waals surface area contributed by atoms with Crippen molar-refractivity contribution in [2.75, 3.05) is 13.2 Å². The van der Waals surface area contributed by atoms with E-state index in [2.05, 4.69) is 5.32 Å². The van der Waals surface area contributed by atoms with Crippen LogP contribution >= 0.6 is 0 Å². The van der Waals surface area contributed by atoms with Crippen LogP contribution in [0.25, 0.3) is 0 Å². The summed E-state index contributed by atoms with van der Waals surface area (Å²) < 4.78 is 5.08. The molecule has 1 aromatic rings. The lowest BCUT2D eigenvalue weighted by Gasteiger charge is -2.07. The maximum atomic E-state index is 11.4. The molecule has 0 aliphatic heterocycles. The molecule has 5 N–H and O–H groups in total. The Morgan fingerprint density at radius 3 is 2.87 bits per heavy atom. The number of hydrogen-bond acceptors (Lipinski definition) is 5. The fourth-order valence-electron chi connectivity index (χ4n) is 0.972. The van der Waals surface area contributed by atoms with Gasteiger partial charge in [-0.05, 0) is 12.1 Å². The summed E-state index contributed by atoms with van der Waals surface area (Å²) in [7, 11) is 0. The Morgan fingerprint density at radius 1 is 1.60 bits per heavy atom. The zero-order chi connectivity index (χ0) is 11.3. The van der Waals surface area contributed by atoms with E-state index in [1.165, 1.54) is 6.07 Å². The van der Waals surface area contributed by atoms with Crippen LogP contribution in [0.5, 0.6) is 0 Å². The van der Waals surface area contributed by atoms with Crippen LogP contribution in [0.1, 0.15) is 16.3 Å². The van der Waals surface area contributed by atoms with E-state index < -0.39 is 18.6 Å². The molecule has 1 amide bonds. The number of amides is 1. The van der Waals surface area contributed by atoms with E-state index >= 15 is 0 Å². The first-order chi connectivity index (χ1) is 7.17. The van der Waals surface area contributed by atoms with Gasteiger partial charge in [-0.1, -0.05) is 0 Å². The third-order valence-corrected chi connectivity index (χ3v) is 1.80. The van der Waals surface area contributed by atoms with Gasteiger partial charge in [-0.25, -0.2) is 0 Å². The number of hydrogen-bond donors (Lipinski definition) is 4. The Kier molecular flexibility index (Phi) is 4.29. The van der Waals surface area contributed by atoms with Gasteiger partial charge in [0.15, 0.2) is 5.76 Å². The molecule has 1 atom stereocenters. The number of nitrogens with two attached hydrogens (primary N) is 1. The van der Waals surface area contributed by atoms with Gasteiger partial charge in [-0.3, -0.25) is 4.79 Å². The van der Waals surface area contributed by atoms with Crippen molar-refractivity contribution in [3.05, 3.63) is 23.7 Å². The summed E-state index contributed by atoms with van der Waals surface area (Å²) in [5.41, 5.74) is 5.31. The predicted octanol–water partition coefficient (Wildman–Crippen LogP) is -1.18. The molecule has 1 aromatic heterocycles. The first-order valence-electron chi connectivity index (χ1n) is 4.53. The van der Waals surface area contributed by atoms with Crippen LogP contribution in [0.15, 0.2) is 16.5 Å². The highest BCUT2D eigenvalue weighted by molar-refractivity contribution is 5.91. The smallest absolute Gasteiger partial charge is 0.287 e. The molecule has 0 bridgehead atoms. The lowest BCUT2D eigenvalue weighted by molar-refractivity contribution is 0.0783. The van der Waals surface area contributed by atoms with E-state index in [4.69, 9.17) is 20.4 Å². The van der Waals surface area contributed by atoms with E-state index in [0.29, 0.717) is 5.76 Å². The average molecular weight is 214 g/mol. The molecule has 0 saturated heterocycles. The van der Waals surface area contributed by atoms with Gasteiger partial charge in [-0.15, -0.1) is 0 Å². The molecule has 6 nitrogen and oxygen atoms in total. The lowest BCUT2D eigenvalue weighted by Crippen LogP contribution is -2.33. The first kappa shape index (κ1) is 11.7. The number of furan rings is 1.